The lowest BCUT2D eigenvalue weighted by molar-refractivity contribution is -0.121. The topological polar surface area (TPSA) is 68.2 Å². The molecule has 1 aliphatic heterocycles. The maximum atomic E-state index is 13.0. The minimum Gasteiger partial charge on any atom is -0.493 e. The molecule has 0 saturated carbocycles. The predicted molar refractivity (Wildman–Crippen MR) is 128 cm³/mol. The second-order valence-corrected chi connectivity index (χ2v) is 8.05. The van der Waals surface area contributed by atoms with Gasteiger partial charge in [0.1, 0.15) is 5.75 Å². The van der Waals surface area contributed by atoms with Crippen molar-refractivity contribution in [1.82, 2.24) is 4.90 Å². The van der Waals surface area contributed by atoms with Crippen molar-refractivity contribution in [2.45, 2.75) is 6.92 Å². The van der Waals surface area contributed by atoms with Gasteiger partial charge in [0.2, 0.25) is 0 Å². The first-order valence-electron chi connectivity index (χ1n) is 10.1. The van der Waals surface area contributed by atoms with Crippen molar-refractivity contribution in [2.24, 2.45) is 4.99 Å². The van der Waals surface area contributed by atoms with E-state index in [1.807, 2.05) is 49.4 Å². The molecule has 0 N–H and O–H groups in total. The lowest BCUT2D eigenvalue weighted by atomic mass is 10.0. The first kappa shape index (κ1) is 21.6. The van der Waals surface area contributed by atoms with Gasteiger partial charge in [-0.2, -0.15) is 0 Å². The molecule has 7 heteroatoms. The monoisotopic (exact) mass is 446 g/mol. The molecule has 0 spiro atoms. The van der Waals surface area contributed by atoms with E-state index in [1.165, 1.54) is 23.8 Å². The van der Waals surface area contributed by atoms with Gasteiger partial charge in [-0.05, 0) is 65.9 Å². The van der Waals surface area contributed by atoms with E-state index in [9.17, 15) is 9.59 Å². The highest BCUT2D eigenvalue weighted by Crippen LogP contribution is 2.37. The summed E-state index contributed by atoms with van der Waals surface area (Å²) in [7, 11) is 3.04. The highest BCUT2D eigenvalue weighted by Gasteiger charge is 2.31. The molecule has 1 saturated heterocycles. The number of likely N-dealkylation sites (N-methyl/N-ethyl adjacent to an activating group) is 1. The summed E-state index contributed by atoms with van der Waals surface area (Å²) in [5, 5.41) is 2.65. The molecular formula is C25H22N2O4S. The first-order chi connectivity index (χ1) is 15.5. The van der Waals surface area contributed by atoms with E-state index >= 15 is 0 Å². The SMILES string of the molecule is CCOc1ccc2ccccc2c1C=C1SC(=Nc2ccc(C(=O)OC)cc2)N(C)C1=O. The Morgan fingerprint density at radius 2 is 1.84 bits per heavy atom. The number of benzene rings is 3. The van der Waals surface area contributed by atoms with Crippen molar-refractivity contribution in [1.29, 1.82) is 0 Å². The van der Waals surface area contributed by atoms with Crippen molar-refractivity contribution in [3.05, 3.63) is 76.7 Å². The van der Waals surface area contributed by atoms with E-state index in [4.69, 9.17) is 9.47 Å². The quantitative estimate of drug-likeness (QED) is 0.395. The Balaban J connectivity index is 1.69. The summed E-state index contributed by atoms with van der Waals surface area (Å²) in [6.07, 6.45) is 1.87. The number of rotatable bonds is 5. The smallest absolute Gasteiger partial charge is 0.337 e. The number of amides is 1. The number of nitrogens with zero attached hydrogens (tertiary/aromatic N) is 2. The van der Waals surface area contributed by atoms with Crippen LogP contribution in [0.4, 0.5) is 5.69 Å². The average Bonchev–Trinajstić information content (AvgIpc) is 3.08. The molecule has 1 heterocycles. The number of fused-ring (bicyclic) bond motifs is 1. The second-order valence-electron chi connectivity index (χ2n) is 7.04. The van der Waals surface area contributed by atoms with Gasteiger partial charge in [-0.3, -0.25) is 9.69 Å². The number of hydrogen-bond acceptors (Lipinski definition) is 6. The number of thioether (sulfide) groups is 1. The van der Waals surface area contributed by atoms with Crippen molar-refractivity contribution in [2.75, 3.05) is 20.8 Å². The first-order valence-corrected chi connectivity index (χ1v) is 10.9. The minimum atomic E-state index is -0.405. The molecule has 0 unspecified atom stereocenters. The molecule has 0 bridgehead atoms. The maximum Gasteiger partial charge on any atom is 0.337 e. The molecule has 1 aliphatic rings. The van der Waals surface area contributed by atoms with Crippen LogP contribution in [0.15, 0.2) is 70.6 Å². The number of ether oxygens (including phenoxy) is 2. The van der Waals surface area contributed by atoms with Gasteiger partial charge in [0, 0.05) is 12.6 Å². The van der Waals surface area contributed by atoms with Gasteiger partial charge in [0.05, 0.1) is 29.9 Å². The summed E-state index contributed by atoms with van der Waals surface area (Å²) in [4.78, 5) is 31.2. The lowest BCUT2D eigenvalue weighted by Gasteiger charge is -2.11. The van der Waals surface area contributed by atoms with Gasteiger partial charge in [0.25, 0.3) is 5.91 Å². The Morgan fingerprint density at radius 1 is 1.09 bits per heavy atom. The molecule has 1 amide bonds. The number of carbonyl (C=O) groups is 2. The second kappa shape index (κ2) is 9.28. The van der Waals surface area contributed by atoms with E-state index in [0.717, 1.165) is 22.1 Å². The Labute approximate surface area is 190 Å². The zero-order chi connectivity index (χ0) is 22.7. The normalized spacial score (nSPS) is 16.2. The Bertz CT molecular complexity index is 1250. The Hall–Kier alpha value is -3.58. The molecule has 1 fully saturated rings. The molecule has 0 aliphatic carbocycles. The standard InChI is InChI=1S/C25H22N2O4S/c1-4-31-21-14-11-16-7-5-6-8-19(16)20(21)15-22-23(28)27(2)25(32-22)26-18-12-9-17(10-13-18)24(29)30-3/h5-15H,4H2,1-3H3. The lowest BCUT2D eigenvalue weighted by Crippen LogP contribution is -2.23. The van der Waals surface area contributed by atoms with Crippen LogP contribution >= 0.6 is 11.8 Å². The van der Waals surface area contributed by atoms with Crippen molar-refractivity contribution in [3.8, 4) is 5.75 Å². The number of hydrogen-bond donors (Lipinski definition) is 0. The average molecular weight is 447 g/mol. The zero-order valence-corrected chi connectivity index (χ0v) is 18.8. The van der Waals surface area contributed by atoms with E-state index in [2.05, 4.69) is 4.99 Å². The molecular weight excluding hydrogens is 424 g/mol. The van der Waals surface area contributed by atoms with Crippen LogP contribution in [0, 0.1) is 0 Å². The van der Waals surface area contributed by atoms with Crippen LogP contribution in [0.2, 0.25) is 0 Å². The van der Waals surface area contributed by atoms with Gasteiger partial charge in [-0.15, -0.1) is 0 Å². The molecule has 0 atom stereocenters. The van der Waals surface area contributed by atoms with Gasteiger partial charge < -0.3 is 9.47 Å². The molecule has 3 aromatic carbocycles. The van der Waals surface area contributed by atoms with Gasteiger partial charge in [-0.1, -0.05) is 30.3 Å². The zero-order valence-electron chi connectivity index (χ0n) is 18.0. The molecule has 6 nitrogen and oxygen atoms in total. The number of carbonyl (C=O) groups excluding carboxylic acids is 2. The maximum absolute atomic E-state index is 13.0. The number of amidine groups is 1. The van der Waals surface area contributed by atoms with E-state index in [0.29, 0.717) is 27.9 Å². The largest absolute Gasteiger partial charge is 0.493 e. The number of aliphatic imine (C=N–C) groups is 1. The Kier molecular flexibility index (Phi) is 6.28. The van der Waals surface area contributed by atoms with Crippen LogP contribution in [0.3, 0.4) is 0 Å². The summed E-state index contributed by atoms with van der Waals surface area (Å²) < 4.78 is 10.6. The number of esters is 1. The highest BCUT2D eigenvalue weighted by molar-refractivity contribution is 8.18. The molecule has 3 aromatic rings. The summed E-state index contributed by atoms with van der Waals surface area (Å²) in [5.74, 6) is 0.200. The fourth-order valence-electron chi connectivity index (χ4n) is 3.39. The fourth-order valence-corrected chi connectivity index (χ4v) is 4.36. The highest BCUT2D eigenvalue weighted by atomic mass is 32.2. The summed E-state index contributed by atoms with van der Waals surface area (Å²) in [6.45, 7) is 2.47. The molecule has 162 valence electrons. The van der Waals surface area contributed by atoms with Gasteiger partial charge in [0.15, 0.2) is 5.17 Å². The van der Waals surface area contributed by atoms with Crippen molar-refractivity contribution >= 4 is 51.3 Å². The van der Waals surface area contributed by atoms with Gasteiger partial charge in [-0.25, -0.2) is 9.79 Å². The number of methoxy groups -OCH3 is 1. The van der Waals surface area contributed by atoms with Gasteiger partial charge >= 0.3 is 5.97 Å². The third-order valence-corrected chi connectivity index (χ3v) is 6.08. The van der Waals surface area contributed by atoms with E-state index < -0.39 is 5.97 Å². The van der Waals surface area contributed by atoms with Crippen LogP contribution in [0.25, 0.3) is 16.8 Å². The summed E-state index contributed by atoms with van der Waals surface area (Å²) in [6, 6.07) is 18.7. The molecule has 32 heavy (non-hydrogen) atoms. The van der Waals surface area contributed by atoms with Crippen molar-refractivity contribution in [3.63, 3.8) is 0 Å². The van der Waals surface area contributed by atoms with Crippen LogP contribution in [0.1, 0.15) is 22.8 Å². The van der Waals surface area contributed by atoms with Crippen molar-refractivity contribution < 1.29 is 19.1 Å². The third kappa shape index (κ3) is 4.24. The molecule has 4 rings (SSSR count). The van der Waals surface area contributed by atoms with Crippen LogP contribution < -0.4 is 4.74 Å². The Morgan fingerprint density at radius 3 is 2.56 bits per heavy atom. The summed E-state index contributed by atoms with van der Waals surface area (Å²) >= 11 is 1.31. The predicted octanol–water partition coefficient (Wildman–Crippen LogP) is 5.26. The fraction of sp³-hybridized carbons (Fsp3) is 0.160. The minimum absolute atomic E-state index is 0.129. The summed E-state index contributed by atoms with van der Waals surface area (Å²) in [5.41, 5.74) is 1.96. The molecule has 0 aromatic heterocycles. The van der Waals surface area contributed by atoms with E-state index in [1.54, 1.807) is 31.3 Å². The van der Waals surface area contributed by atoms with Crippen LogP contribution in [-0.4, -0.2) is 42.7 Å². The van der Waals surface area contributed by atoms with E-state index in [-0.39, 0.29) is 5.91 Å². The molecule has 0 radical (unpaired) electrons. The third-order valence-electron chi connectivity index (χ3n) is 5.02. The van der Waals surface area contributed by atoms with Crippen LogP contribution in [-0.2, 0) is 9.53 Å². The van der Waals surface area contributed by atoms with Crippen LogP contribution in [0.5, 0.6) is 5.75 Å².